The van der Waals surface area contributed by atoms with Gasteiger partial charge in [-0.3, -0.25) is 14.9 Å². The van der Waals surface area contributed by atoms with Crippen molar-refractivity contribution in [2.45, 2.75) is 33.0 Å². The minimum atomic E-state index is -4.45. The van der Waals surface area contributed by atoms with Crippen molar-refractivity contribution in [3.8, 4) is 11.3 Å². The average Bonchev–Trinajstić information content (AvgIpc) is 2.64. The maximum Gasteiger partial charge on any atom is 0.418 e. The number of aliphatic imine (C=N–C) groups is 1. The molecule has 27 heavy (non-hydrogen) atoms. The third-order valence-corrected chi connectivity index (χ3v) is 4.57. The summed E-state index contributed by atoms with van der Waals surface area (Å²) in [5.41, 5.74) is 1.17. The highest BCUT2D eigenvalue weighted by Crippen LogP contribution is 2.37. The zero-order valence-electron chi connectivity index (χ0n) is 15.5. The van der Waals surface area contributed by atoms with E-state index < -0.39 is 11.7 Å². The van der Waals surface area contributed by atoms with Crippen molar-refractivity contribution in [3.05, 3.63) is 54.2 Å². The molecule has 0 saturated heterocycles. The lowest BCUT2D eigenvalue weighted by Gasteiger charge is -2.27. The first-order chi connectivity index (χ1) is 12.8. The first kappa shape index (κ1) is 19.4. The van der Waals surface area contributed by atoms with Crippen LogP contribution in [0.3, 0.4) is 0 Å². The summed E-state index contributed by atoms with van der Waals surface area (Å²) < 4.78 is 39.9. The number of pyridine rings is 1. The van der Waals surface area contributed by atoms with E-state index in [9.17, 15) is 13.2 Å². The third-order valence-electron chi connectivity index (χ3n) is 4.57. The Morgan fingerprint density at radius 1 is 1.19 bits per heavy atom. The van der Waals surface area contributed by atoms with Gasteiger partial charge in [0.25, 0.3) is 0 Å². The molecular formula is C20H22F3N4. The molecule has 4 nitrogen and oxygen atoms in total. The normalized spacial score (nSPS) is 14.1. The number of hydrogen-bond acceptors (Lipinski definition) is 4. The number of rotatable bonds is 5. The van der Waals surface area contributed by atoms with Crippen molar-refractivity contribution in [1.29, 1.82) is 0 Å². The second kappa shape index (κ2) is 7.68. The number of anilines is 1. The van der Waals surface area contributed by atoms with E-state index in [-0.39, 0.29) is 5.69 Å². The predicted octanol–water partition coefficient (Wildman–Crippen LogP) is 4.83. The number of amidine groups is 1. The third kappa shape index (κ3) is 4.30. The molecule has 2 aromatic rings. The van der Waals surface area contributed by atoms with Gasteiger partial charge in [0, 0.05) is 29.1 Å². The topological polar surface area (TPSA) is 40.5 Å². The molecule has 0 bridgehead atoms. The molecule has 3 rings (SSSR count). The van der Waals surface area contributed by atoms with Crippen LogP contribution in [0.1, 0.15) is 31.9 Å². The maximum absolute atomic E-state index is 13.3. The molecule has 7 heteroatoms. The zero-order chi connectivity index (χ0) is 19.6. The predicted molar refractivity (Wildman–Crippen MR) is 102 cm³/mol. The van der Waals surface area contributed by atoms with Gasteiger partial charge < -0.3 is 5.32 Å². The number of fused-ring (bicyclic) bond motifs is 1. The van der Waals surface area contributed by atoms with Gasteiger partial charge in [0.05, 0.1) is 17.8 Å². The molecule has 143 valence electrons. The maximum atomic E-state index is 13.3. The Morgan fingerprint density at radius 3 is 2.63 bits per heavy atom. The van der Waals surface area contributed by atoms with Gasteiger partial charge in [-0.15, -0.1) is 0 Å². The number of halogens is 3. The Kier molecular flexibility index (Phi) is 5.51. The standard InChI is InChI=1S/C20H22F3N4/c1-4-27(13(2)3)12-18-25-11-15-8-7-14(10-17(15)26-18)19-16(20(21,22)23)6-5-9-24-19/h5-11,13H,4,12H2,1-3H3,(H,25,26). The zero-order valence-corrected chi connectivity index (χ0v) is 15.5. The highest BCUT2D eigenvalue weighted by Gasteiger charge is 2.34. The lowest BCUT2D eigenvalue weighted by molar-refractivity contribution is -0.137. The molecule has 1 aromatic carbocycles. The van der Waals surface area contributed by atoms with Gasteiger partial charge in [0.15, 0.2) is 0 Å². The molecule has 1 aliphatic rings. The van der Waals surface area contributed by atoms with Crippen LogP contribution in [0.15, 0.2) is 41.5 Å². The second-order valence-corrected chi connectivity index (χ2v) is 6.69. The van der Waals surface area contributed by atoms with Crippen LogP contribution < -0.4 is 5.32 Å². The highest BCUT2D eigenvalue weighted by molar-refractivity contribution is 6.00. The van der Waals surface area contributed by atoms with E-state index in [1.807, 2.05) is 0 Å². The van der Waals surface area contributed by atoms with Crippen molar-refractivity contribution in [1.82, 2.24) is 9.88 Å². The van der Waals surface area contributed by atoms with Crippen molar-refractivity contribution in [3.63, 3.8) is 0 Å². The van der Waals surface area contributed by atoms with Crippen molar-refractivity contribution in [2.24, 2.45) is 4.99 Å². The summed E-state index contributed by atoms with van der Waals surface area (Å²) in [5.74, 6) is 0.771. The molecule has 0 amide bonds. The molecule has 0 saturated carbocycles. The fraction of sp³-hybridized carbons (Fsp3) is 0.350. The van der Waals surface area contributed by atoms with Gasteiger partial charge in [0.2, 0.25) is 0 Å². The number of benzene rings is 1. The SMILES string of the molecule is CCN(CC1=N[CH]c2ccc(-c3ncccc3C(F)(F)F)cc2N1)C(C)C. The first-order valence-corrected chi connectivity index (χ1v) is 8.87. The van der Waals surface area contributed by atoms with Crippen molar-refractivity contribution in [2.75, 3.05) is 18.4 Å². The lowest BCUT2D eigenvalue weighted by Crippen LogP contribution is -2.38. The molecule has 1 aromatic heterocycles. The van der Waals surface area contributed by atoms with Gasteiger partial charge in [-0.2, -0.15) is 13.2 Å². The van der Waals surface area contributed by atoms with E-state index in [2.05, 4.69) is 41.0 Å². The van der Waals surface area contributed by atoms with E-state index in [1.54, 1.807) is 24.7 Å². The summed E-state index contributed by atoms with van der Waals surface area (Å²) in [4.78, 5) is 10.7. The van der Waals surface area contributed by atoms with Crippen LogP contribution in [0.2, 0.25) is 0 Å². The fourth-order valence-electron chi connectivity index (χ4n) is 3.06. The van der Waals surface area contributed by atoms with Crippen molar-refractivity contribution >= 4 is 11.5 Å². The number of aromatic nitrogens is 1. The van der Waals surface area contributed by atoms with Crippen LogP contribution in [-0.4, -0.2) is 34.9 Å². The lowest BCUT2D eigenvalue weighted by atomic mass is 10.0. The molecule has 1 radical (unpaired) electrons. The van der Waals surface area contributed by atoms with Gasteiger partial charge in [-0.05, 0) is 38.6 Å². The van der Waals surface area contributed by atoms with E-state index >= 15 is 0 Å². The molecule has 2 heterocycles. The summed E-state index contributed by atoms with van der Waals surface area (Å²) in [6, 6.07) is 7.82. The fourth-order valence-corrected chi connectivity index (χ4v) is 3.06. The Bertz CT molecular complexity index is 843. The summed E-state index contributed by atoms with van der Waals surface area (Å²) in [7, 11) is 0. The largest absolute Gasteiger partial charge is 0.418 e. The summed E-state index contributed by atoms with van der Waals surface area (Å²) in [6.45, 7) is 9.58. The smallest absolute Gasteiger partial charge is 0.343 e. The number of hydrogen-bond donors (Lipinski definition) is 1. The van der Waals surface area contributed by atoms with E-state index in [1.165, 1.54) is 12.3 Å². The van der Waals surface area contributed by atoms with Crippen LogP contribution in [0.25, 0.3) is 11.3 Å². The number of alkyl halides is 3. The van der Waals surface area contributed by atoms with Crippen LogP contribution in [0, 0.1) is 6.54 Å². The van der Waals surface area contributed by atoms with Gasteiger partial charge >= 0.3 is 6.18 Å². The van der Waals surface area contributed by atoms with Crippen LogP contribution in [0.5, 0.6) is 0 Å². The molecule has 0 unspecified atom stereocenters. The second-order valence-electron chi connectivity index (χ2n) is 6.69. The molecule has 1 N–H and O–H groups in total. The summed E-state index contributed by atoms with van der Waals surface area (Å²) in [6.07, 6.45) is -3.08. The van der Waals surface area contributed by atoms with Crippen LogP contribution >= 0.6 is 0 Å². The number of likely N-dealkylation sites (N-methyl/N-ethyl adjacent to an activating group) is 1. The molecule has 0 atom stereocenters. The van der Waals surface area contributed by atoms with Crippen LogP contribution in [0.4, 0.5) is 18.9 Å². The molecule has 0 spiro atoms. The Labute approximate surface area is 157 Å². The van der Waals surface area contributed by atoms with E-state index in [4.69, 9.17) is 0 Å². The molecule has 0 fully saturated rings. The number of nitrogens with one attached hydrogen (secondary N) is 1. The Balaban J connectivity index is 1.89. The summed E-state index contributed by atoms with van der Waals surface area (Å²) in [5, 5.41) is 3.25. The van der Waals surface area contributed by atoms with Gasteiger partial charge in [-0.1, -0.05) is 19.1 Å². The van der Waals surface area contributed by atoms with E-state index in [0.717, 1.165) is 29.7 Å². The Hall–Kier alpha value is -2.41. The molecular weight excluding hydrogens is 353 g/mol. The molecule has 0 aliphatic carbocycles. The quantitative estimate of drug-likeness (QED) is 0.814. The van der Waals surface area contributed by atoms with Crippen LogP contribution in [-0.2, 0) is 6.18 Å². The minimum Gasteiger partial charge on any atom is -0.343 e. The monoisotopic (exact) mass is 375 g/mol. The van der Waals surface area contributed by atoms with Gasteiger partial charge in [-0.25, -0.2) is 0 Å². The number of nitrogens with zero attached hydrogens (tertiary/aromatic N) is 3. The van der Waals surface area contributed by atoms with Gasteiger partial charge in [0.1, 0.15) is 12.4 Å². The minimum absolute atomic E-state index is 0.0731. The average molecular weight is 375 g/mol. The first-order valence-electron chi connectivity index (χ1n) is 8.87. The van der Waals surface area contributed by atoms with E-state index in [0.29, 0.717) is 18.2 Å². The Morgan fingerprint density at radius 2 is 1.96 bits per heavy atom. The summed E-state index contributed by atoms with van der Waals surface area (Å²) >= 11 is 0. The highest BCUT2D eigenvalue weighted by atomic mass is 19.4. The molecule has 1 aliphatic heterocycles. The van der Waals surface area contributed by atoms with Crippen molar-refractivity contribution < 1.29 is 13.2 Å².